The molecule has 1 saturated heterocycles. The Morgan fingerprint density at radius 3 is 2.94 bits per heavy atom. The molecule has 1 aliphatic heterocycles. The Balaban J connectivity index is 1.70. The van der Waals surface area contributed by atoms with Crippen LogP contribution in [0.2, 0.25) is 0 Å². The summed E-state index contributed by atoms with van der Waals surface area (Å²) in [5, 5.41) is 3.39. The molecular formula is C16H24N2. The fourth-order valence-electron chi connectivity index (χ4n) is 2.53. The highest BCUT2D eigenvalue weighted by Crippen LogP contribution is 2.10. The van der Waals surface area contributed by atoms with Crippen molar-refractivity contribution >= 4 is 6.08 Å². The van der Waals surface area contributed by atoms with E-state index in [9.17, 15) is 0 Å². The molecule has 2 nitrogen and oxygen atoms in total. The summed E-state index contributed by atoms with van der Waals surface area (Å²) in [5.41, 5.74) is 1.30. The number of hydrogen-bond acceptors (Lipinski definition) is 2. The third-order valence-corrected chi connectivity index (χ3v) is 3.64. The second kappa shape index (κ2) is 7.34. The quantitative estimate of drug-likeness (QED) is 0.857. The third-order valence-electron chi connectivity index (χ3n) is 3.64. The average Bonchev–Trinajstić information content (AvgIpc) is 2.45. The van der Waals surface area contributed by atoms with E-state index in [0.717, 1.165) is 6.42 Å². The Morgan fingerprint density at radius 1 is 1.33 bits per heavy atom. The molecule has 0 bridgehead atoms. The standard InChI is InChI=1S/C16H24N2/c1-17-16-11-7-13-18(14-16)12-6-5-10-15-8-3-2-4-9-15/h2-5,8-10,16-17H,6-7,11-14H2,1H3/b10-5+/t16-/m0/s1. The zero-order valence-corrected chi connectivity index (χ0v) is 11.3. The van der Waals surface area contributed by atoms with Gasteiger partial charge >= 0.3 is 0 Å². The molecule has 0 aromatic heterocycles. The van der Waals surface area contributed by atoms with Gasteiger partial charge in [0.2, 0.25) is 0 Å². The summed E-state index contributed by atoms with van der Waals surface area (Å²) in [6.07, 6.45) is 8.31. The van der Waals surface area contributed by atoms with Crippen LogP contribution in [-0.2, 0) is 0 Å². The Hall–Kier alpha value is -1.12. The van der Waals surface area contributed by atoms with Crippen LogP contribution in [0, 0.1) is 0 Å². The fourth-order valence-corrected chi connectivity index (χ4v) is 2.53. The van der Waals surface area contributed by atoms with Gasteiger partial charge in [-0.3, -0.25) is 0 Å². The van der Waals surface area contributed by atoms with Gasteiger partial charge in [0.1, 0.15) is 0 Å². The van der Waals surface area contributed by atoms with Gasteiger partial charge in [-0.2, -0.15) is 0 Å². The molecular weight excluding hydrogens is 220 g/mol. The molecule has 0 unspecified atom stereocenters. The van der Waals surface area contributed by atoms with Gasteiger partial charge in [0.15, 0.2) is 0 Å². The Labute approximate surface area is 111 Å². The summed E-state index contributed by atoms with van der Waals surface area (Å²) in [6, 6.07) is 11.2. The SMILES string of the molecule is CN[C@H]1CCCN(CC/C=C/c2ccccc2)C1. The van der Waals surface area contributed by atoms with Crippen molar-refractivity contribution in [2.45, 2.75) is 25.3 Å². The van der Waals surface area contributed by atoms with Crippen LogP contribution in [0.3, 0.4) is 0 Å². The van der Waals surface area contributed by atoms with Crippen molar-refractivity contribution in [1.29, 1.82) is 0 Å². The monoisotopic (exact) mass is 244 g/mol. The van der Waals surface area contributed by atoms with Gasteiger partial charge in [0, 0.05) is 19.1 Å². The topological polar surface area (TPSA) is 15.3 Å². The van der Waals surface area contributed by atoms with E-state index in [1.807, 2.05) is 0 Å². The molecule has 18 heavy (non-hydrogen) atoms. The maximum absolute atomic E-state index is 3.39. The normalized spacial score (nSPS) is 21.5. The maximum Gasteiger partial charge on any atom is 0.0192 e. The van der Waals surface area contributed by atoms with Gasteiger partial charge in [-0.05, 0) is 38.4 Å². The Kier molecular flexibility index (Phi) is 5.43. The Morgan fingerprint density at radius 2 is 2.17 bits per heavy atom. The summed E-state index contributed by atoms with van der Waals surface area (Å²) in [6.45, 7) is 3.65. The molecule has 0 amide bonds. The van der Waals surface area contributed by atoms with Crippen LogP contribution < -0.4 is 5.32 Å². The van der Waals surface area contributed by atoms with Crippen molar-refractivity contribution in [3.63, 3.8) is 0 Å². The Bertz CT molecular complexity index is 359. The van der Waals surface area contributed by atoms with Crippen LogP contribution in [0.15, 0.2) is 36.4 Å². The molecule has 2 heteroatoms. The second-order valence-corrected chi connectivity index (χ2v) is 5.03. The van der Waals surface area contributed by atoms with Crippen molar-refractivity contribution in [1.82, 2.24) is 10.2 Å². The number of likely N-dealkylation sites (tertiary alicyclic amines) is 1. The summed E-state index contributed by atoms with van der Waals surface area (Å²) in [4.78, 5) is 2.57. The lowest BCUT2D eigenvalue weighted by atomic mass is 10.1. The molecule has 0 spiro atoms. The van der Waals surface area contributed by atoms with E-state index in [-0.39, 0.29) is 0 Å². The zero-order valence-electron chi connectivity index (χ0n) is 11.3. The van der Waals surface area contributed by atoms with Crippen molar-refractivity contribution in [3.8, 4) is 0 Å². The lowest BCUT2D eigenvalue weighted by molar-refractivity contribution is 0.198. The predicted molar refractivity (Wildman–Crippen MR) is 78.6 cm³/mol. The van der Waals surface area contributed by atoms with E-state index in [4.69, 9.17) is 0 Å². The molecule has 1 N–H and O–H groups in total. The number of benzene rings is 1. The smallest absolute Gasteiger partial charge is 0.0192 e. The number of nitrogens with zero attached hydrogens (tertiary/aromatic N) is 1. The minimum Gasteiger partial charge on any atom is -0.316 e. The summed E-state index contributed by atoms with van der Waals surface area (Å²) in [7, 11) is 2.07. The molecule has 2 rings (SSSR count). The predicted octanol–water partition coefficient (Wildman–Crippen LogP) is 2.77. The van der Waals surface area contributed by atoms with Gasteiger partial charge in [0.05, 0.1) is 0 Å². The zero-order chi connectivity index (χ0) is 12.6. The van der Waals surface area contributed by atoms with Crippen LogP contribution in [0.1, 0.15) is 24.8 Å². The van der Waals surface area contributed by atoms with Crippen LogP contribution >= 0.6 is 0 Å². The molecule has 98 valence electrons. The van der Waals surface area contributed by atoms with Gasteiger partial charge in [0.25, 0.3) is 0 Å². The molecule has 1 fully saturated rings. The largest absolute Gasteiger partial charge is 0.316 e. The number of hydrogen-bond donors (Lipinski definition) is 1. The van der Waals surface area contributed by atoms with E-state index in [1.165, 1.54) is 38.0 Å². The van der Waals surface area contributed by atoms with Crippen LogP contribution in [0.5, 0.6) is 0 Å². The van der Waals surface area contributed by atoms with Crippen molar-refractivity contribution in [3.05, 3.63) is 42.0 Å². The third kappa shape index (κ3) is 4.28. The van der Waals surface area contributed by atoms with Crippen molar-refractivity contribution in [2.24, 2.45) is 0 Å². The van der Waals surface area contributed by atoms with E-state index in [1.54, 1.807) is 0 Å². The maximum atomic E-state index is 3.39. The molecule has 0 radical (unpaired) electrons. The van der Waals surface area contributed by atoms with Gasteiger partial charge in [-0.15, -0.1) is 0 Å². The molecule has 1 aromatic rings. The van der Waals surface area contributed by atoms with Crippen molar-refractivity contribution < 1.29 is 0 Å². The highest BCUT2D eigenvalue weighted by Gasteiger charge is 2.16. The van der Waals surface area contributed by atoms with E-state index < -0.39 is 0 Å². The summed E-state index contributed by atoms with van der Waals surface area (Å²) in [5.74, 6) is 0. The lowest BCUT2D eigenvalue weighted by Crippen LogP contribution is -2.44. The number of rotatable bonds is 5. The number of likely N-dealkylation sites (N-methyl/N-ethyl adjacent to an activating group) is 1. The first kappa shape index (κ1) is 13.3. The minimum absolute atomic E-state index is 0.692. The highest BCUT2D eigenvalue weighted by atomic mass is 15.2. The minimum atomic E-state index is 0.692. The first-order valence-corrected chi connectivity index (χ1v) is 6.99. The molecule has 1 heterocycles. The average molecular weight is 244 g/mol. The first-order chi connectivity index (χ1) is 8.88. The van der Waals surface area contributed by atoms with E-state index >= 15 is 0 Å². The van der Waals surface area contributed by atoms with Gasteiger partial charge in [-0.1, -0.05) is 42.5 Å². The number of piperidine rings is 1. The summed E-state index contributed by atoms with van der Waals surface area (Å²) >= 11 is 0. The number of nitrogens with one attached hydrogen (secondary N) is 1. The molecule has 0 aliphatic carbocycles. The molecule has 1 aliphatic rings. The van der Waals surface area contributed by atoms with Gasteiger partial charge in [-0.25, -0.2) is 0 Å². The van der Waals surface area contributed by atoms with Crippen LogP contribution in [-0.4, -0.2) is 37.6 Å². The van der Waals surface area contributed by atoms with Crippen molar-refractivity contribution in [2.75, 3.05) is 26.7 Å². The van der Waals surface area contributed by atoms with Crippen LogP contribution in [0.4, 0.5) is 0 Å². The molecule has 1 atom stereocenters. The lowest BCUT2D eigenvalue weighted by Gasteiger charge is -2.32. The second-order valence-electron chi connectivity index (χ2n) is 5.03. The first-order valence-electron chi connectivity index (χ1n) is 6.99. The van der Waals surface area contributed by atoms with E-state index in [2.05, 4.69) is 59.7 Å². The van der Waals surface area contributed by atoms with E-state index in [0.29, 0.717) is 6.04 Å². The summed E-state index contributed by atoms with van der Waals surface area (Å²) < 4.78 is 0. The fraction of sp³-hybridized carbons (Fsp3) is 0.500. The molecule has 0 saturated carbocycles. The molecule has 1 aromatic carbocycles. The highest BCUT2D eigenvalue weighted by molar-refractivity contribution is 5.48. The van der Waals surface area contributed by atoms with Gasteiger partial charge < -0.3 is 10.2 Å². The van der Waals surface area contributed by atoms with Crippen LogP contribution in [0.25, 0.3) is 6.08 Å².